The molecular formula is C22H24F3NO3. The molecule has 4 nitrogen and oxygen atoms in total. The predicted molar refractivity (Wildman–Crippen MR) is 105 cm³/mol. The molecule has 0 spiro atoms. The zero-order chi connectivity index (χ0) is 21.8. The zero-order valence-corrected chi connectivity index (χ0v) is 16.8. The van der Waals surface area contributed by atoms with Crippen LogP contribution in [0.1, 0.15) is 66.6 Å². The molecule has 0 radical (unpaired) electrons. The number of alkyl halides is 3. The Bertz CT molecular complexity index is 863. The lowest BCUT2D eigenvalue weighted by Crippen LogP contribution is -2.23. The van der Waals surface area contributed by atoms with Crippen molar-refractivity contribution >= 4 is 17.6 Å². The molecule has 0 fully saturated rings. The third-order valence-corrected chi connectivity index (χ3v) is 4.40. The predicted octanol–water partition coefficient (Wildman–Crippen LogP) is 5.75. The number of hydrogen-bond donors (Lipinski definition) is 1. The Morgan fingerprint density at radius 1 is 0.966 bits per heavy atom. The number of carbonyl (C=O) groups is 2. The van der Waals surface area contributed by atoms with Crippen LogP contribution < -0.4 is 5.32 Å². The summed E-state index contributed by atoms with van der Waals surface area (Å²) in [5.41, 5.74) is 1.36. The van der Waals surface area contributed by atoms with Crippen molar-refractivity contribution in [2.75, 3.05) is 11.9 Å². The summed E-state index contributed by atoms with van der Waals surface area (Å²) in [4.78, 5) is 24.4. The van der Waals surface area contributed by atoms with E-state index < -0.39 is 30.2 Å². The minimum Gasteiger partial charge on any atom is -0.452 e. The lowest BCUT2D eigenvalue weighted by Gasteiger charge is -2.20. The average Bonchev–Trinajstić information content (AvgIpc) is 2.65. The van der Waals surface area contributed by atoms with Gasteiger partial charge < -0.3 is 10.1 Å². The summed E-state index contributed by atoms with van der Waals surface area (Å²) < 4.78 is 43.2. The average molecular weight is 407 g/mol. The van der Waals surface area contributed by atoms with E-state index in [0.717, 1.165) is 23.3 Å². The summed E-state index contributed by atoms with van der Waals surface area (Å²) >= 11 is 0. The van der Waals surface area contributed by atoms with Gasteiger partial charge in [-0.15, -0.1) is 0 Å². The van der Waals surface area contributed by atoms with Crippen LogP contribution in [0.5, 0.6) is 0 Å². The number of anilines is 1. The van der Waals surface area contributed by atoms with Gasteiger partial charge in [0, 0.05) is 5.69 Å². The number of benzene rings is 2. The fraction of sp³-hybridized carbons (Fsp3) is 0.364. The van der Waals surface area contributed by atoms with Crippen molar-refractivity contribution in [3.63, 3.8) is 0 Å². The lowest BCUT2D eigenvalue weighted by atomic mass is 9.92. The minimum absolute atomic E-state index is 0.164. The van der Waals surface area contributed by atoms with Gasteiger partial charge in [-0.25, -0.2) is 4.79 Å². The van der Waals surface area contributed by atoms with Gasteiger partial charge >= 0.3 is 12.1 Å². The summed E-state index contributed by atoms with van der Waals surface area (Å²) in [6.07, 6.45) is -4.57. The van der Waals surface area contributed by atoms with Gasteiger partial charge in [0.25, 0.3) is 5.91 Å². The smallest absolute Gasteiger partial charge is 0.416 e. The second kappa shape index (κ2) is 9.11. The van der Waals surface area contributed by atoms with Crippen molar-refractivity contribution < 1.29 is 27.5 Å². The van der Waals surface area contributed by atoms with Crippen molar-refractivity contribution in [2.24, 2.45) is 0 Å². The Kier molecular flexibility index (Phi) is 7.06. The van der Waals surface area contributed by atoms with Gasteiger partial charge in [0.2, 0.25) is 0 Å². The number of rotatable bonds is 6. The molecule has 0 atom stereocenters. The Hall–Kier alpha value is -2.83. The standard InChI is InChI=1S/C22H24F3NO3/c1-13(2)17-9-6-10-18(14(3)4)20(17)26-19(27)12-29-21(28)15-7-5-8-16(11-15)22(23,24)25/h5-11,13-14H,12H2,1-4H3,(H,26,27). The molecule has 1 N–H and O–H groups in total. The number of carbonyl (C=O) groups excluding carboxylic acids is 2. The number of hydrogen-bond acceptors (Lipinski definition) is 3. The number of nitrogens with one attached hydrogen (secondary N) is 1. The maximum atomic E-state index is 12.8. The largest absolute Gasteiger partial charge is 0.452 e. The summed E-state index contributed by atoms with van der Waals surface area (Å²) in [6.45, 7) is 7.41. The van der Waals surface area contributed by atoms with Crippen LogP contribution in [-0.4, -0.2) is 18.5 Å². The molecule has 0 unspecified atom stereocenters. The van der Waals surface area contributed by atoms with Gasteiger partial charge in [-0.05, 0) is 41.2 Å². The second-order valence-electron chi connectivity index (χ2n) is 7.32. The minimum atomic E-state index is -4.57. The van der Waals surface area contributed by atoms with E-state index in [1.165, 1.54) is 6.07 Å². The summed E-state index contributed by atoms with van der Waals surface area (Å²) in [5, 5.41) is 2.79. The van der Waals surface area contributed by atoms with Crippen molar-refractivity contribution in [1.29, 1.82) is 0 Å². The highest BCUT2D eigenvalue weighted by atomic mass is 19.4. The third kappa shape index (κ3) is 5.82. The van der Waals surface area contributed by atoms with E-state index in [-0.39, 0.29) is 17.4 Å². The molecule has 0 aliphatic carbocycles. The van der Waals surface area contributed by atoms with Crippen LogP contribution in [0.4, 0.5) is 18.9 Å². The first-order chi connectivity index (χ1) is 13.5. The molecule has 0 aliphatic heterocycles. The Morgan fingerprint density at radius 3 is 2.03 bits per heavy atom. The Balaban J connectivity index is 2.10. The van der Waals surface area contributed by atoms with Crippen LogP contribution in [0.2, 0.25) is 0 Å². The van der Waals surface area contributed by atoms with E-state index in [4.69, 9.17) is 4.74 Å². The fourth-order valence-corrected chi connectivity index (χ4v) is 2.91. The van der Waals surface area contributed by atoms with E-state index in [0.29, 0.717) is 11.8 Å². The van der Waals surface area contributed by atoms with Crippen LogP contribution in [0.15, 0.2) is 42.5 Å². The highest BCUT2D eigenvalue weighted by Crippen LogP contribution is 2.32. The fourth-order valence-electron chi connectivity index (χ4n) is 2.91. The van der Waals surface area contributed by atoms with E-state index in [1.54, 1.807) is 0 Å². The molecule has 2 aromatic carbocycles. The lowest BCUT2D eigenvalue weighted by molar-refractivity contribution is -0.137. The molecule has 2 aromatic rings. The molecule has 0 saturated heterocycles. The van der Waals surface area contributed by atoms with Gasteiger partial charge in [-0.3, -0.25) is 4.79 Å². The SMILES string of the molecule is CC(C)c1cccc(C(C)C)c1NC(=O)COC(=O)c1cccc(C(F)(F)F)c1. The molecular weight excluding hydrogens is 383 g/mol. The Labute approximate surface area is 168 Å². The van der Waals surface area contributed by atoms with Crippen LogP contribution in [0.3, 0.4) is 0 Å². The normalized spacial score (nSPS) is 11.6. The van der Waals surface area contributed by atoms with E-state index in [2.05, 4.69) is 5.32 Å². The van der Waals surface area contributed by atoms with E-state index >= 15 is 0 Å². The molecule has 0 saturated carbocycles. The monoisotopic (exact) mass is 407 g/mol. The third-order valence-electron chi connectivity index (χ3n) is 4.40. The first-order valence-corrected chi connectivity index (χ1v) is 9.27. The van der Waals surface area contributed by atoms with Gasteiger partial charge in [0.15, 0.2) is 6.61 Å². The van der Waals surface area contributed by atoms with Crippen molar-refractivity contribution in [1.82, 2.24) is 0 Å². The van der Waals surface area contributed by atoms with Crippen LogP contribution >= 0.6 is 0 Å². The highest BCUT2D eigenvalue weighted by Gasteiger charge is 2.31. The molecule has 0 aromatic heterocycles. The van der Waals surface area contributed by atoms with Gasteiger partial charge in [0.05, 0.1) is 11.1 Å². The van der Waals surface area contributed by atoms with Crippen molar-refractivity contribution in [3.05, 3.63) is 64.7 Å². The zero-order valence-electron chi connectivity index (χ0n) is 16.8. The van der Waals surface area contributed by atoms with Gasteiger partial charge in [-0.1, -0.05) is 52.0 Å². The van der Waals surface area contributed by atoms with E-state index in [9.17, 15) is 22.8 Å². The topological polar surface area (TPSA) is 55.4 Å². The highest BCUT2D eigenvalue weighted by molar-refractivity contribution is 5.96. The molecule has 0 aliphatic rings. The van der Waals surface area contributed by atoms with Crippen LogP contribution in [0, 0.1) is 0 Å². The first-order valence-electron chi connectivity index (χ1n) is 9.27. The Morgan fingerprint density at radius 2 is 1.52 bits per heavy atom. The summed E-state index contributed by atoms with van der Waals surface area (Å²) in [5.74, 6) is -1.22. The molecule has 1 amide bonds. The molecule has 156 valence electrons. The van der Waals surface area contributed by atoms with Crippen molar-refractivity contribution in [2.45, 2.75) is 45.7 Å². The van der Waals surface area contributed by atoms with Crippen LogP contribution in [-0.2, 0) is 15.7 Å². The number of halogens is 3. The molecule has 29 heavy (non-hydrogen) atoms. The number of ether oxygens (including phenoxy) is 1. The van der Waals surface area contributed by atoms with Crippen molar-refractivity contribution in [3.8, 4) is 0 Å². The van der Waals surface area contributed by atoms with Gasteiger partial charge in [0.1, 0.15) is 0 Å². The summed E-state index contributed by atoms with van der Waals surface area (Å²) in [6, 6.07) is 9.65. The number of esters is 1. The molecule has 2 rings (SSSR count). The molecule has 0 bridgehead atoms. The van der Waals surface area contributed by atoms with Gasteiger partial charge in [-0.2, -0.15) is 13.2 Å². The van der Waals surface area contributed by atoms with E-state index in [1.807, 2.05) is 45.9 Å². The maximum absolute atomic E-state index is 12.8. The number of amides is 1. The molecule has 7 heteroatoms. The van der Waals surface area contributed by atoms with Crippen LogP contribution in [0.25, 0.3) is 0 Å². The quantitative estimate of drug-likeness (QED) is 0.621. The molecule has 0 heterocycles. The maximum Gasteiger partial charge on any atom is 0.416 e. The number of para-hydroxylation sites is 1. The second-order valence-corrected chi connectivity index (χ2v) is 7.32. The summed E-state index contributed by atoms with van der Waals surface area (Å²) in [7, 11) is 0. The first kappa shape index (κ1) is 22.5.